The third kappa shape index (κ3) is 4.29. The lowest BCUT2D eigenvalue weighted by atomic mass is 10.2. The van der Waals surface area contributed by atoms with Crippen LogP contribution >= 0.6 is 0 Å². The maximum Gasteiger partial charge on any atom is 0.271 e. The predicted octanol–water partition coefficient (Wildman–Crippen LogP) is 3.82. The number of oxazole rings is 1. The molecule has 0 aliphatic rings. The first-order valence-corrected chi connectivity index (χ1v) is 7.66. The number of carbonyl (C=O) groups is 1. The smallest absolute Gasteiger partial charge is 0.271 e. The van der Waals surface area contributed by atoms with Crippen LogP contribution in [0.5, 0.6) is 0 Å². The molecular formula is C18H15N3O4. The molecule has 7 nitrogen and oxygen atoms in total. The molecule has 2 aromatic carbocycles. The summed E-state index contributed by atoms with van der Waals surface area (Å²) in [6, 6.07) is 15.4. The van der Waals surface area contributed by atoms with E-state index >= 15 is 0 Å². The van der Waals surface area contributed by atoms with Crippen LogP contribution in [0.4, 0.5) is 11.4 Å². The molecule has 1 N–H and O–H groups in total. The van der Waals surface area contributed by atoms with Gasteiger partial charge in [-0.25, -0.2) is 4.98 Å². The second-order valence-electron chi connectivity index (χ2n) is 5.34. The van der Waals surface area contributed by atoms with E-state index in [1.165, 1.54) is 18.2 Å². The number of nitrogens with zero attached hydrogens (tertiary/aromatic N) is 2. The Morgan fingerprint density at radius 2 is 1.96 bits per heavy atom. The summed E-state index contributed by atoms with van der Waals surface area (Å²) >= 11 is 0. The lowest BCUT2D eigenvalue weighted by molar-refractivity contribution is -0.384. The first kappa shape index (κ1) is 16.4. The Balaban J connectivity index is 1.57. The van der Waals surface area contributed by atoms with Gasteiger partial charge < -0.3 is 9.73 Å². The van der Waals surface area contributed by atoms with Gasteiger partial charge >= 0.3 is 0 Å². The van der Waals surface area contributed by atoms with E-state index in [2.05, 4.69) is 10.3 Å². The molecule has 3 rings (SSSR count). The van der Waals surface area contributed by atoms with Crippen molar-refractivity contribution < 1.29 is 14.1 Å². The Bertz CT molecular complexity index is 890. The maximum atomic E-state index is 12.0. The number of benzene rings is 2. The fraction of sp³-hybridized carbons (Fsp3) is 0.111. The van der Waals surface area contributed by atoms with Crippen molar-refractivity contribution in [3.63, 3.8) is 0 Å². The molecule has 0 radical (unpaired) electrons. The standard InChI is InChI=1S/C18H15N3O4/c22-17(20-14-7-4-8-15(11-14)21(23)24)9-10-18-19-12-16(25-18)13-5-2-1-3-6-13/h1-8,11-12H,9-10H2,(H,20,22). The molecule has 0 aliphatic carbocycles. The minimum Gasteiger partial charge on any atom is -0.441 e. The van der Waals surface area contributed by atoms with Crippen molar-refractivity contribution in [2.45, 2.75) is 12.8 Å². The summed E-state index contributed by atoms with van der Waals surface area (Å²) in [5, 5.41) is 13.4. The van der Waals surface area contributed by atoms with Gasteiger partial charge in [0.05, 0.1) is 11.1 Å². The number of aryl methyl sites for hydroxylation is 1. The molecule has 0 spiro atoms. The minimum absolute atomic E-state index is 0.0713. The van der Waals surface area contributed by atoms with E-state index in [9.17, 15) is 14.9 Å². The zero-order valence-corrected chi connectivity index (χ0v) is 13.2. The number of hydrogen-bond acceptors (Lipinski definition) is 5. The molecule has 7 heteroatoms. The van der Waals surface area contributed by atoms with Crippen LogP contribution in [0.25, 0.3) is 11.3 Å². The van der Waals surface area contributed by atoms with Crippen molar-refractivity contribution in [1.82, 2.24) is 4.98 Å². The van der Waals surface area contributed by atoms with Gasteiger partial charge in [0.15, 0.2) is 11.7 Å². The van der Waals surface area contributed by atoms with Crippen LogP contribution in [-0.4, -0.2) is 15.8 Å². The molecule has 1 amide bonds. The summed E-state index contributed by atoms with van der Waals surface area (Å²) < 4.78 is 5.64. The molecule has 0 aliphatic heterocycles. The van der Waals surface area contributed by atoms with Gasteiger partial charge in [-0.3, -0.25) is 14.9 Å². The Hall–Kier alpha value is -3.48. The topological polar surface area (TPSA) is 98.3 Å². The zero-order chi connectivity index (χ0) is 17.6. The highest BCUT2D eigenvalue weighted by Crippen LogP contribution is 2.21. The summed E-state index contributed by atoms with van der Waals surface area (Å²) in [6.45, 7) is 0. The van der Waals surface area contributed by atoms with Crippen molar-refractivity contribution >= 4 is 17.3 Å². The van der Waals surface area contributed by atoms with Crippen LogP contribution in [0.15, 0.2) is 65.2 Å². The van der Waals surface area contributed by atoms with Crippen LogP contribution in [0.2, 0.25) is 0 Å². The number of nitro benzene ring substituents is 1. The number of nitrogens with one attached hydrogen (secondary N) is 1. The molecule has 1 heterocycles. The fourth-order valence-electron chi connectivity index (χ4n) is 2.30. The second-order valence-corrected chi connectivity index (χ2v) is 5.34. The van der Waals surface area contributed by atoms with Crippen molar-refractivity contribution in [2.75, 3.05) is 5.32 Å². The first-order valence-electron chi connectivity index (χ1n) is 7.66. The largest absolute Gasteiger partial charge is 0.441 e. The molecule has 3 aromatic rings. The summed E-state index contributed by atoms with van der Waals surface area (Å²) in [7, 11) is 0. The normalized spacial score (nSPS) is 10.4. The van der Waals surface area contributed by atoms with Crippen molar-refractivity contribution in [1.29, 1.82) is 0 Å². The molecule has 0 atom stereocenters. The van der Waals surface area contributed by atoms with Crippen molar-refractivity contribution in [3.8, 4) is 11.3 Å². The van der Waals surface area contributed by atoms with Gasteiger partial charge in [-0.2, -0.15) is 0 Å². The Kier molecular flexibility index (Phi) is 4.84. The second kappa shape index (κ2) is 7.39. The average molecular weight is 337 g/mol. The van der Waals surface area contributed by atoms with E-state index in [4.69, 9.17) is 4.42 Å². The lowest BCUT2D eigenvalue weighted by Gasteiger charge is -2.04. The van der Waals surface area contributed by atoms with Gasteiger partial charge in [0, 0.05) is 36.2 Å². The number of aromatic nitrogens is 1. The summed E-state index contributed by atoms with van der Waals surface area (Å²) in [5.41, 5.74) is 1.23. The summed E-state index contributed by atoms with van der Waals surface area (Å²) in [6.07, 6.45) is 2.13. The fourth-order valence-corrected chi connectivity index (χ4v) is 2.30. The highest BCUT2D eigenvalue weighted by molar-refractivity contribution is 5.91. The van der Waals surface area contributed by atoms with Crippen LogP contribution in [0.1, 0.15) is 12.3 Å². The highest BCUT2D eigenvalue weighted by Gasteiger charge is 2.11. The number of hydrogen-bond donors (Lipinski definition) is 1. The molecule has 0 unspecified atom stereocenters. The van der Waals surface area contributed by atoms with E-state index in [0.717, 1.165) is 5.56 Å². The quantitative estimate of drug-likeness (QED) is 0.544. The molecule has 0 fully saturated rings. The van der Waals surface area contributed by atoms with Gasteiger partial charge in [0.2, 0.25) is 5.91 Å². The Morgan fingerprint density at radius 3 is 2.72 bits per heavy atom. The number of amides is 1. The van der Waals surface area contributed by atoms with Crippen molar-refractivity contribution in [3.05, 3.63) is 76.8 Å². The van der Waals surface area contributed by atoms with E-state index < -0.39 is 4.92 Å². The van der Waals surface area contributed by atoms with Crippen LogP contribution in [-0.2, 0) is 11.2 Å². The van der Waals surface area contributed by atoms with Crippen LogP contribution < -0.4 is 5.32 Å². The van der Waals surface area contributed by atoms with Gasteiger partial charge in [-0.05, 0) is 6.07 Å². The number of rotatable bonds is 6. The molecule has 0 saturated carbocycles. The van der Waals surface area contributed by atoms with Gasteiger partial charge in [-0.1, -0.05) is 36.4 Å². The summed E-state index contributed by atoms with van der Waals surface area (Å²) in [5.74, 6) is 0.850. The Morgan fingerprint density at radius 1 is 1.16 bits per heavy atom. The van der Waals surface area contributed by atoms with E-state index in [1.54, 1.807) is 12.3 Å². The maximum absolute atomic E-state index is 12.0. The zero-order valence-electron chi connectivity index (χ0n) is 13.2. The third-order valence-corrected chi connectivity index (χ3v) is 3.52. The number of nitro groups is 1. The first-order chi connectivity index (χ1) is 12.1. The monoisotopic (exact) mass is 337 g/mol. The van der Waals surface area contributed by atoms with E-state index in [-0.39, 0.29) is 18.0 Å². The average Bonchev–Trinajstić information content (AvgIpc) is 3.10. The number of non-ortho nitro benzene ring substituents is 1. The van der Waals surface area contributed by atoms with Gasteiger partial charge in [0.1, 0.15) is 0 Å². The van der Waals surface area contributed by atoms with E-state index in [1.807, 2.05) is 30.3 Å². The number of carbonyl (C=O) groups excluding carboxylic acids is 1. The molecule has 126 valence electrons. The Labute approximate surface area is 143 Å². The summed E-state index contributed by atoms with van der Waals surface area (Å²) in [4.78, 5) is 26.4. The van der Waals surface area contributed by atoms with Gasteiger partial charge in [-0.15, -0.1) is 0 Å². The SMILES string of the molecule is O=C(CCc1ncc(-c2ccccc2)o1)Nc1cccc([N+](=O)[O-])c1. The highest BCUT2D eigenvalue weighted by atomic mass is 16.6. The number of anilines is 1. The van der Waals surface area contributed by atoms with Gasteiger partial charge in [0.25, 0.3) is 5.69 Å². The molecule has 25 heavy (non-hydrogen) atoms. The molecule has 0 saturated heterocycles. The lowest BCUT2D eigenvalue weighted by Crippen LogP contribution is -2.12. The van der Waals surface area contributed by atoms with E-state index in [0.29, 0.717) is 23.8 Å². The minimum atomic E-state index is -0.506. The third-order valence-electron chi connectivity index (χ3n) is 3.52. The molecule has 1 aromatic heterocycles. The molecular weight excluding hydrogens is 322 g/mol. The van der Waals surface area contributed by atoms with Crippen LogP contribution in [0, 0.1) is 10.1 Å². The predicted molar refractivity (Wildman–Crippen MR) is 92.0 cm³/mol. The van der Waals surface area contributed by atoms with Crippen molar-refractivity contribution in [2.24, 2.45) is 0 Å². The van der Waals surface area contributed by atoms with Crippen LogP contribution in [0.3, 0.4) is 0 Å². The molecule has 0 bridgehead atoms.